The maximum absolute atomic E-state index is 12.8. The Morgan fingerprint density at radius 1 is 1.32 bits per heavy atom. The molecule has 4 aromatic rings. The summed E-state index contributed by atoms with van der Waals surface area (Å²) in [6, 6.07) is 10.9. The van der Waals surface area contributed by atoms with Crippen molar-refractivity contribution >= 4 is 45.6 Å². The number of methoxy groups -OCH3 is 1. The number of aromatic hydroxyl groups is 1. The highest BCUT2D eigenvalue weighted by Gasteiger charge is 2.12. The van der Waals surface area contributed by atoms with Crippen LogP contribution in [0.1, 0.15) is 11.1 Å². The molecule has 5 nitrogen and oxygen atoms in total. The molecule has 1 N–H and O–H groups in total. The van der Waals surface area contributed by atoms with Gasteiger partial charge in [-0.25, -0.2) is 4.98 Å². The first-order valence-electron chi connectivity index (χ1n) is 8.25. The predicted molar refractivity (Wildman–Crippen MR) is 113 cm³/mol. The number of aromatic nitrogens is 2. The van der Waals surface area contributed by atoms with Gasteiger partial charge in [-0.1, -0.05) is 41.1 Å². The second-order valence-corrected chi connectivity index (χ2v) is 7.77. The van der Waals surface area contributed by atoms with Gasteiger partial charge in [0.1, 0.15) is 0 Å². The van der Waals surface area contributed by atoms with Crippen molar-refractivity contribution in [3.8, 4) is 22.8 Å². The minimum Gasteiger partial charge on any atom is -0.503 e. The van der Waals surface area contributed by atoms with Gasteiger partial charge in [-0.2, -0.15) is 0 Å². The van der Waals surface area contributed by atoms with Crippen molar-refractivity contribution in [2.45, 2.75) is 5.88 Å². The van der Waals surface area contributed by atoms with E-state index in [1.165, 1.54) is 22.8 Å². The maximum Gasteiger partial charge on any atom is 0.274 e. The lowest BCUT2D eigenvalue weighted by Gasteiger charge is -2.05. The van der Waals surface area contributed by atoms with Crippen molar-refractivity contribution in [2.24, 2.45) is 0 Å². The van der Waals surface area contributed by atoms with Gasteiger partial charge in [0.25, 0.3) is 5.56 Å². The molecule has 0 aliphatic heterocycles. The molecule has 0 bridgehead atoms. The van der Waals surface area contributed by atoms with Gasteiger partial charge in [-0.15, -0.1) is 11.6 Å². The average Bonchev–Trinajstić information content (AvgIpc) is 3.24. The predicted octanol–water partition coefficient (Wildman–Crippen LogP) is 4.08. The Balaban J connectivity index is 1.79. The van der Waals surface area contributed by atoms with Crippen LogP contribution in [0, 0.1) is 0 Å². The third-order valence-corrected chi connectivity index (χ3v) is 5.83. The zero-order valence-corrected chi connectivity index (χ0v) is 17.0. The summed E-state index contributed by atoms with van der Waals surface area (Å²) < 4.78 is 7.14. The van der Waals surface area contributed by atoms with Crippen LogP contribution in [0.25, 0.3) is 22.3 Å². The number of thiazole rings is 1. The maximum atomic E-state index is 12.8. The Morgan fingerprint density at radius 2 is 2.14 bits per heavy atom. The average molecular weight is 433 g/mol. The molecular formula is C20H14Cl2N2O3S. The van der Waals surface area contributed by atoms with Crippen LogP contribution in [0.5, 0.6) is 11.5 Å². The van der Waals surface area contributed by atoms with Crippen molar-refractivity contribution in [2.75, 3.05) is 7.11 Å². The quantitative estimate of drug-likeness (QED) is 0.493. The monoisotopic (exact) mass is 432 g/mol. The Labute approximate surface area is 174 Å². The molecule has 2 aromatic carbocycles. The van der Waals surface area contributed by atoms with E-state index in [4.69, 9.17) is 27.9 Å². The Kier molecular flexibility index (Phi) is 5.02. The molecule has 2 heterocycles. The normalized spacial score (nSPS) is 12.0. The van der Waals surface area contributed by atoms with Crippen LogP contribution >= 0.6 is 34.5 Å². The van der Waals surface area contributed by atoms with Crippen molar-refractivity contribution in [1.82, 2.24) is 9.38 Å². The second-order valence-electron chi connectivity index (χ2n) is 6.08. The third-order valence-electron chi connectivity index (χ3n) is 4.25. The number of hydrogen-bond donors (Lipinski definition) is 1. The number of ether oxygens (including phenoxy) is 1. The van der Waals surface area contributed by atoms with Crippen molar-refractivity contribution in [3.63, 3.8) is 0 Å². The number of halogens is 2. The lowest BCUT2D eigenvalue weighted by molar-refractivity contribution is 0.373. The van der Waals surface area contributed by atoms with E-state index in [-0.39, 0.29) is 22.1 Å². The first kappa shape index (κ1) is 18.8. The van der Waals surface area contributed by atoms with Gasteiger partial charge >= 0.3 is 0 Å². The van der Waals surface area contributed by atoms with E-state index in [1.54, 1.807) is 24.4 Å². The van der Waals surface area contributed by atoms with Gasteiger partial charge in [0, 0.05) is 17.6 Å². The van der Waals surface area contributed by atoms with Gasteiger partial charge in [0.15, 0.2) is 16.5 Å². The van der Waals surface area contributed by atoms with E-state index in [9.17, 15) is 9.90 Å². The zero-order valence-electron chi connectivity index (χ0n) is 14.6. The molecule has 0 unspecified atom stereocenters. The summed E-state index contributed by atoms with van der Waals surface area (Å²) in [7, 11) is 1.44. The van der Waals surface area contributed by atoms with Gasteiger partial charge in [0.05, 0.1) is 22.4 Å². The number of benzene rings is 2. The molecule has 0 aliphatic carbocycles. The smallest absolute Gasteiger partial charge is 0.274 e. The number of phenolic OH excluding ortho intramolecular Hbond substituents is 1. The largest absolute Gasteiger partial charge is 0.503 e. The van der Waals surface area contributed by atoms with Crippen LogP contribution in [-0.4, -0.2) is 21.6 Å². The van der Waals surface area contributed by atoms with E-state index >= 15 is 0 Å². The van der Waals surface area contributed by atoms with Crippen LogP contribution in [-0.2, 0) is 5.88 Å². The standard InChI is InChI=1S/C20H14Cl2N2O3S/c1-27-16-7-12(6-14(22)18(16)25)8-17-19(26)24-10-15(23-20(24)28-17)13-4-2-3-11(5-13)9-21/h2-8,10,25H,9H2,1H3. The molecule has 0 amide bonds. The minimum atomic E-state index is -0.171. The topological polar surface area (TPSA) is 63.8 Å². The Morgan fingerprint density at radius 3 is 2.86 bits per heavy atom. The van der Waals surface area contributed by atoms with Gasteiger partial charge in [-0.3, -0.25) is 9.20 Å². The molecule has 4 rings (SSSR count). The fourth-order valence-corrected chi connectivity index (χ4v) is 4.21. The van der Waals surface area contributed by atoms with Crippen molar-refractivity contribution < 1.29 is 9.84 Å². The molecular weight excluding hydrogens is 419 g/mol. The number of alkyl halides is 1. The van der Waals surface area contributed by atoms with E-state index in [0.29, 0.717) is 20.9 Å². The van der Waals surface area contributed by atoms with E-state index < -0.39 is 0 Å². The second kappa shape index (κ2) is 7.47. The minimum absolute atomic E-state index is 0.131. The molecule has 28 heavy (non-hydrogen) atoms. The number of phenols is 1. The lowest BCUT2D eigenvalue weighted by atomic mass is 10.1. The van der Waals surface area contributed by atoms with Gasteiger partial charge in [-0.05, 0) is 35.4 Å². The van der Waals surface area contributed by atoms with Crippen LogP contribution in [0.15, 0.2) is 47.4 Å². The van der Waals surface area contributed by atoms with Gasteiger partial charge < -0.3 is 9.84 Å². The molecule has 0 saturated heterocycles. The Bertz CT molecular complexity index is 1300. The SMILES string of the molecule is COc1cc(C=c2sc3nc(-c4cccc(CCl)c4)cn3c2=O)cc(Cl)c1O. The number of fused-ring (bicyclic) bond motifs is 1. The number of hydrogen-bond acceptors (Lipinski definition) is 5. The highest BCUT2D eigenvalue weighted by atomic mass is 35.5. The third kappa shape index (κ3) is 3.35. The van der Waals surface area contributed by atoms with Crippen LogP contribution in [0.3, 0.4) is 0 Å². The van der Waals surface area contributed by atoms with E-state index in [1.807, 2.05) is 24.3 Å². The molecule has 0 saturated carbocycles. The zero-order chi connectivity index (χ0) is 19.8. The van der Waals surface area contributed by atoms with E-state index in [0.717, 1.165) is 16.8 Å². The molecule has 8 heteroatoms. The first-order valence-corrected chi connectivity index (χ1v) is 9.98. The summed E-state index contributed by atoms with van der Waals surface area (Å²) in [5.41, 5.74) is 3.10. The fourth-order valence-electron chi connectivity index (χ4n) is 2.87. The van der Waals surface area contributed by atoms with Crippen molar-refractivity contribution in [3.05, 3.63) is 73.6 Å². The van der Waals surface area contributed by atoms with E-state index in [2.05, 4.69) is 4.98 Å². The molecule has 0 fully saturated rings. The van der Waals surface area contributed by atoms with Crippen molar-refractivity contribution in [1.29, 1.82) is 0 Å². The summed E-state index contributed by atoms with van der Waals surface area (Å²) in [5.74, 6) is 0.531. The van der Waals surface area contributed by atoms with Crippen LogP contribution in [0.2, 0.25) is 5.02 Å². The fraction of sp³-hybridized carbons (Fsp3) is 0.100. The number of imidazole rings is 1. The molecule has 0 atom stereocenters. The molecule has 0 aliphatic rings. The van der Waals surface area contributed by atoms with Crippen LogP contribution in [0.4, 0.5) is 0 Å². The molecule has 2 aromatic heterocycles. The summed E-state index contributed by atoms with van der Waals surface area (Å²) in [6.45, 7) is 0. The van der Waals surface area contributed by atoms with Gasteiger partial charge in [0.2, 0.25) is 0 Å². The lowest BCUT2D eigenvalue weighted by Crippen LogP contribution is -2.22. The highest BCUT2D eigenvalue weighted by Crippen LogP contribution is 2.35. The first-order chi connectivity index (χ1) is 13.5. The molecule has 0 radical (unpaired) electrons. The summed E-state index contributed by atoms with van der Waals surface area (Å²) in [5, 5.41) is 10.0. The molecule has 0 spiro atoms. The highest BCUT2D eigenvalue weighted by molar-refractivity contribution is 7.15. The summed E-state index contributed by atoms with van der Waals surface area (Å²) in [4.78, 5) is 17.9. The summed E-state index contributed by atoms with van der Waals surface area (Å²) >= 11 is 13.2. The summed E-state index contributed by atoms with van der Waals surface area (Å²) in [6.07, 6.45) is 3.42. The molecule has 142 valence electrons. The number of rotatable bonds is 4. The Hall–Kier alpha value is -2.54. The van der Waals surface area contributed by atoms with Crippen LogP contribution < -0.4 is 14.8 Å². The number of nitrogens with zero attached hydrogens (tertiary/aromatic N) is 2.